The summed E-state index contributed by atoms with van der Waals surface area (Å²) >= 11 is 0. The third-order valence-corrected chi connectivity index (χ3v) is 5.77. The van der Waals surface area contributed by atoms with Gasteiger partial charge in [-0.25, -0.2) is 0 Å². The van der Waals surface area contributed by atoms with Crippen molar-refractivity contribution in [1.82, 2.24) is 4.90 Å². The molecular formula is C24H33NO3. The summed E-state index contributed by atoms with van der Waals surface area (Å²) in [5.41, 5.74) is 1.60. The number of ether oxygens (including phenoxy) is 2. The van der Waals surface area contributed by atoms with Crippen molar-refractivity contribution in [2.45, 2.75) is 44.0 Å². The fourth-order valence-corrected chi connectivity index (χ4v) is 4.26. The van der Waals surface area contributed by atoms with Crippen LogP contribution < -0.4 is 4.74 Å². The van der Waals surface area contributed by atoms with Crippen LogP contribution in [0.2, 0.25) is 0 Å². The highest BCUT2D eigenvalue weighted by Crippen LogP contribution is 2.38. The Hall–Kier alpha value is -1.88. The van der Waals surface area contributed by atoms with E-state index in [2.05, 4.69) is 37.2 Å². The van der Waals surface area contributed by atoms with Gasteiger partial charge in [-0.15, -0.1) is 0 Å². The minimum atomic E-state index is -0.719. The largest absolute Gasteiger partial charge is 0.497 e. The van der Waals surface area contributed by atoms with Crippen LogP contribution in [-0.4, -0.2) is 49.5 Å². The first-order valence-corrected chi connectivity index (χ1v) is 10.1. The summed E-state index contributed by atoms with van der Waals surface area (Å²) < 4.78 is 11.6. The first-order valence-electron chi connectivity index (χ1n) is 10.1. The Kier molecular flexibility index (Phi) is 7.11. The van der Waals surface area contributed by atoms with E-state index in [1.54, 1.807) is 7.11 Å². The number of benzene rings is 2. The minimum Gasteiger partial charge on any atom is -0.497 e. The van der Waals surface area contributed by atoms with Crippen LogP contribution in [-0.2, 0) is 17.8 Å². The summed E-state index contributed by atoms with van der Waals surface area (Å²) in [5.74, 6) is 1.01. The van der Waals surface area contributed by atoms with Crippen molar-refractivity contribution in [2.24, 2.45) is 5.92 Å². The molecule has 1 aliphatic carbocycles. The van der Waals surface area contributed by atoms with Gasteiger partial charge in [0.1, 0.15) is 5.75 Å². The van der Waals surface area contributed by atoms with Crippen LogP contribution in [0, 0.1) is 5.92 Å². The van der Waals surface area contributed by atoms with Gasteiger partial charge in [0.2, 0.25) is 0 Å². The van der Waals surface area contributed by atoms with E-state index in [-0.39, 0.29) is 12.0 Å². The van der Waals surface area contributed by atoms with Crippen LogP contribution >= 0.6 is 0 Å². The second kappa shape index (κ2) is 9.55. The lowest BCUT2D eigenvalue weighted by Gasteiger charge is -2.44. The minimum absolute atomic E-state index is 0.170. The first-order chi connectivity index (χ1) is 13.5. The maximum atomic E-state index is 11.6. The molecule has 1 N–H and O–H groups in total. The van der Waals surface area contributed by atoms with E-state index in [9.17, 15) is 5.11 Å². The predicted molar refractivity (Wildman–Crippen MR) is 113 cm³/mol. The number of nitrogens with zero attached hydrogens (tertiary/aromatic N) is 1. The van der Waals surface area contributed by atoms with Crippen molar-refractivity contribution in [3.63, 3.8) is 0 Å². The zero-order valence-corrected chi connectivity index (χ0v) is 17.3. The van der Waals surface area contributed by atoms with Crippen molar-refractivity contribution in [1.29, 1.82) is 0 Å². The second-order valence-corrected chi connectivity index (χ2v) is 8.28. The van der Waals surface area contributed by atoms with Gasteiger partial charge in [-0.1, -0.05) is 42.5 Å². The molecule has 0 radical (unpaired) electrons. The molecule has 0 aliphatic heterocycles. The summed E-state index contributed by atoms with van der Waals surface area (Å²) in [6, 6.07) is 18.3. The molecule has 0 bridgehead atoms. The van der Waals surface area contributed by atoms with Gasteiger partial charge in [0.05, 0.1) is 25.4 Å². The Bertz CT molecular complexity index is 734. The van der Waals surface area contributed by atoms with E-state index in [1.165, 1.54) is 5.56 Å². The summed E-state index contributed by atoms with van der Waals surface area (Å²) in [4.78, 5) is 2.17. The Morgan fingerprint density at radius 1 is 1.07 bits per heavy atom. The van der Waals surface area contributed by atoms with E-state index in [4.69, 9.17) is 9.47 Å². The number of hydrogen-bond acceptors (Lipinski definition) is 4. The van der Waals surface area contributed by atoms with Crippen LogP contribution in [0.1, 0.15) is 30.4 Å². The standard InChI is InChI=1S/C24H33NO3/c1-25(2)17-21-15-23(28-18-19-8-5-4-6-9-19)12-13-24(21,26)16-20-10-7-11-22(14-20)27-3/h4-11,14,21,23,26H,12-13,15-18H2,1-3H3. The predicted octanol–water partition coefficient (Wildman–Crippen LogP) is 3.92. The van der Waals surface area contributed by atoms with Crippen molar-refractivity contribution in [3.8, 4) is 5.75 Å². The lowest BCUT2D eigenvalue weighted by Crippen LogP contribution is -2.50. The fraction of sp³-hybridized carbons (Fsp3) is 0.500. The number of hydrogen-bond donors (Lipinski definition) is 1. The summed E-state index contributed by atoms with van der Waals surface area (Å²) in [6.07, 6.45) is 3.36. The van der Waals surface area contributed by atoms with E-state index in [0.717, 1.165) is 37.1 Å². The maximum absolute atomic E-state index is 11.6. The number of rotatable bonds is 8. The molecule has 0 amide bonds. The molecule has 28 heavy (non-hydrogen) atoms. The monoisotopic (exact) mass is 383 g/mol. The molecular weight excluding hydrogens is 350 g/mol. The smallest absolute Gasteiger partial charge is 0.119 e. The molecule has 0 saturated heterocycles. The Morgan fingerprint density at radius 2 is 1.82 bits per heavy atom. The average Bonchev–Trinajstić information content (AvgIpc) is 2.69. The molecule has 1 fully saturated rings. The van der Waals surface area contributed by atoms with Gasteiger partial charge in [-0.2, -0.15) is 0 Å². The average molecular weight is 384 g/mol. The summed E-state index contributed by atoms with van der Waals surface area (Å²) in [6.45, 7) is 1.49. The lowest BCUT2D eigenvalue weighted by atomic mass is 9.71. The van der Waals surface area contributed by atoms with Crippen LogP contribution in [0.4, 0.5) is 0 Å². The molecule has 0 spiro atoms. The Labute approximate surface area is 169 Å². The molecule has 3 atom stereocenters. The van der Waals surface area contributed by atoms with Gasteiger partial charge in [-0.3, -0.25) is 0 Å². The third kappa shape index (κ3) is 5.57. The van der Waals surface area contributed by atoms with Gasteiger partial charge in [-0.05, 0) is 56.6 Å². The molecule has 4 heteroatoms. The lowest BCUT2D eigenvalue weighted by molar-refractivity contribution is -0.105. The zero-order chi connectivity index (χ0) is 20.0. The van der Waals surface area contributed by atoms with Gasteiger partial charge < -0.3 is 19.5 Å². The molecule has 152 valence electrons. The molecule has 3 rings (SSSR count). The second-order valence-electron chi connectivity index (χ2n) is 8.28. The molecule has 2 aromatic carbocycles. The molecule has 0 aromatic heterocycles. The summed E-state index contributed by atoms with van der Waals surface area (Å²) in [7, 11) is 5.82. The van der Waals surface area contributed by atoms with Crippen LogP contribution in [0.25, 0.3) is 0 Å². The molecule has 1 aliphatic rings. The van der Waals surface area contributed by atoms with Crippen molar-refractivity contribution >= 4 is 0 Å². The van der Waals surface area contributed by atoms with E-state index in [0.29, 0.717) is 13.0 Å². The van der Waals surface area contributed by atoms with Gasteiger partial charge in [0.15, 0.2) is 0 Å². The molecule has 2 aromatic rings. The Balaban J connectivity index is 1.67. The quantitative estimate of drug-likeness (QED) is 0.750. The SMILES string of the molecule is COc1cccc(CC2(O)CCC(OCc3ccccc3)CC2CN(C)C)c1. The first kappa shape index (κ1) is 20.8. The van der Waals surface area contributed by atoms with Gasteiger partial charge in [0, 0.05) is 18.9 Å². The van der Waals surface area contributed by atoms with Gasteiger partial charge >= 0.3 is 0 Å². The van der Waals surface area contributed by atoms with E-state index >= 15 is 0 Å². The highest BCUT2D eigenvalue weighted by atomic mass is 16.5. The van der Waals surface area contributed by atoms with E-state index < -0.39 is 5.60 Å². The highest BCUT2D eigenvalue weighted by Gasteiger charge is 2.42. The van der Waals surface area contributed by atoms with Crippen molar-refractivity contribution < 1.29 is 14.6 Å². The van der Waals surface area contributed by atoms with Gasteiger partial charge in [0.25, 0.3) is 0 Å². The molecule has 3 unspecified atom stereocenters. The van der Waals surface area contributed by atoms with Crippen LogP contribution in [0.3, 0.4) is 0 Å². The van der Waals surface area contributed by atoms with Crippen LogP contribution in [0.15, 0.2) is 54.6 Å². The van der Waals surface area contributed by atoms with E-state index in [1.807, 2.05) is 36.4 Å². The fourth-order valence-electron chi connectivity index (χ4n) is 4.26. The van der Waals surface area contributed by atoms with Crippen molar-refractivity contribution in [2.75, 3.05) is 27.7 Å². The normalized spacial score (nSPS) is 25.0. The number of aliphatic hydroxyl groups is 1. The van der Waals surface area contributed by atoms with Crippen molar-refractivity contribution in [3.05, 3.63) is 65.7 Å². The zero-order valence-electron chi connectivity index (χ0n) is 17.3. The number of methoxy groups -OCH3 is 1. The molecule has 1 saturated carbocycles. The maximum Gasteiger partial charge on any atom is 0.119 e. The highest BCUT2D eigenvalue weighted by molar-refractivity contribution is 5.29. The summed E-state index contributed by atoms with van der Waals surface area (Å²) in [5, 5.41) is 11.6. The Morgan fingerprint density at radius 3 is 2.54 bits per heavy atom. The third-order valence-electron chi connectivity index (χ3n) is 5.77. The topological polar surface area (TPSA) is 41.9 Å². The molecule has 0 heterocycles. The van der Waals surface area contributed by atoms with Crippen LogP contribution in [0.5, 0.6) is 5.75 Å². The molecule has 4 nitrogen and oxygen atoms in total.